The van der Waals surface area contributed by atoms with Crippen molar-refractivity contribution in [3.05, 3.63) is 60.2 Å². The van der Waals surface area contributed by atoms with Gasteiger partial charge in [0.15, 0.2) is 0 Å². The summed E-state index contributed by atoms with van der Waals surface area (Å²) >= 11 is 0. The maximum Gasteiger partial charge on any atom is 0.327 e. The molecule has 0 unspecified atom stereocenters. The number of benzene rings is 2. The maximum atomic E-state index is 12.2. The summed E-state index contributed by atoms with van der Waals surface area (Å²) in [6.45, 7) is 1.01. The summed E-state index contributed by atoms with van der Waals surface area (Å²) in [7, 11) is 1.37. The van der Waals surface area contributed by atoms with Gasteiger partial charge in [0.25, 0.3) is 0 Å². The van der Waals surface area contributed by atoms with Gasteiger partial charge in [-0.1, -0.05) is 49.2 Å². The van der Waals surface area contributed by atoms with Gasteiger partial charge in [0.2, 0.25) is 11.8 Å². The highest BCUT2D eigenvalue weighted by Crippen LogP contribution is 2.18. The van der Waals surface area contributed by atoms with Crippen LogP contribution in [0.15, 0.2) is 54.6 Å². The van der Waals surface area contributed by atoms with E-state index in [0.717, 1.165) is 24.8 Å². The molecule has 0 bridgehead atoms. The molecule has 190 valence electrons. The highest BCUT2D eigenvalue weighted by Gasteiger charge is 2.20. The van der Waals surface area contributed by atoms with E-state index in [1.165, 1.54) is 7.11 Å². The van der Waals surface area contributed by atoms with Gasteiger partial charge >= 0.3 is 5.97 Å². The Morgan fingerprint density at radius 1 is 0.886 bits per heavy atom. The van der Waals surface area contributed by atoms with Crippen molar-refractivity contribution < 1.29 is 29.1 Å². The summed E-state index contributed by atoms with van der Waals surface area (Å²) in [5, 5.41) is 14.5. The van der Waals surface area contributed by atoms with Crippen LogP contribution in [0.4, 0.5) is 5.69 Å². The number of ether oxygens (including phenoxy) is 2. The summed E-state index contributed by atoms with van der Waals surface area (Å²) in [5.41, 5.74) is 3.12. The van der Waals surface area contributed by atoms with E-state index < -0.39 is 11.9 Å². The number of amides is 2. The van der Waals surface area contributed by atoms with Gasteiger partial charge in [-0.15, -0.1) is 0 Å². The zero-order chi connectivity index (χ0) is 25.3. The molecule has 2 aromatic carbocycles. The van der Waals surface area contributed by atoms with E-state index >= 15 is 0 Å². The molecule has 0 aliphatic rings. The summed E-state index contributed by atoms with van der Waals surface area (Å²) in [6.07, 6.45) is 4.42. The van der Waals surface area contributed by atoms with Crippen LogP contribution in [0.1, 0.15) is 56.6 Å². The minimum Gasteiger partial charge on any atom is -0.493 e. The third-order valence-corrected chi connectivity index (χ3v) is 5.31. The summed E-state index contributed by atoms with van der Waals surface area (Å²) < 4.78 is 10.7. The smallest absolute Gasteiger partial charge is 0.327 e. The molecule has 0 spiro atoms. The third-order valence-electron chi connectivity index (χ3n) is 5.31. The van der Waals surface area contributed by atoms with Crippen LogP contribution in [-0.2, 0) is 19.1 Å². The lowest BCUT2D eigenvalue weighted by atomic mass is 10.1. The van der Waals surface area contributed by atoms with E-state index in [1.54, 1.807) is 17.6 Å². The van der Waals surface area contributed by atoms with Crippen LogP contribution in [0.25, 0.3) is 0 Å². The van der Waals surface area contributed by atoms with Gasteiger partial charge in [-0.05, 0) is 43.5 Å². The number of hydroxylamine groups is 1. The monoisotopic (exact) mass is 485 g/mol. The Hall–Kier alpha value is -3.43. The van der Waals surface area contributed by atoms with Crippen LogP contribution >= 0.6 is 0 Å². The van der Waals surface area contributed by atoms with Crippen LogP contribution in [0.5, 0.6) is 5.75 Å². The highest BCUT2D eigenvalue weighted by atomic mass is 16.5. The number of esters is 1. The molecule has 9 heteroatoms. The molecule has 0 fully saturated rings. The first-order valence-corrected chi connectivity index (χ1v) is 11.8. The number of hydrogen-bond donors (Lipinski definition) is 4. The van der Waals surface area contributed by atoms with Crippen LogP contribution in [0, 0.1) is 0 Å². The minimum atomic E-state index is -0.528. The standard InChI is InChI=1S/C26H35N3O6/c1-34-26(32)25(20-11-5-4-6-12-20)27-17-10-18-35-22-14-9-13-21(19-22)28-23(30)15-7-2-3-8-16-24(31)29-33/h4-6,9,11-14,19,25,27,33H,2-3,7-8,10,15-18H2,1H3,(H,28,30)(H,29,31)/t25-/m0/s1. The molecule has 0 saturated heterocycles. The first-order chi connectivity index (χ1) is 17.0. The average Bonchev–Trinajstić information content (AvgIpc) is 2.88. The van der Waals surface area contributed by atoms with Crippen molar-refractivity contribution in [1.29, 1.82) is 0 Å². The lowest BCUT2D eigenvalue weighted by Gasteiger charge is -2.17. The molecular weight excluding hydrogens is 450 g/mol. The van der Waals surface area contributed by atoms with Crippen molar-refractivity contribution in [3.63, 3.8) is 0 Å². The number of carbonyl (C=O) groups excluding carboxylic acids is 3. The number of nitrogens with one attached hydrogen (secondary N) is 3. The predicted molar refractivity (Wildman–Crippen MR) is 132 cm³/mol. The van der Waals surface area contributed by atoms with E-state index in [4.69, 9.17) is 14.7 Å². The molecule has 0 saturated carbocycles. The molecule has 35 heavy (non-hydrogen) atoms. The zero-order valence-corrected chi connectivity index (χ0v) is 20.1. The van der Waals surface area contributed by atoms with Crippen LogP contribution in [-0.4, -0.2) is 43.3 Å². The highest BCUT2D eigenvalue weighted by molar-refractivity contribution is 5.90. The van der Waals surface area contributed by atoms with Gasteiger partial charge in [0, 0.05) is 24.6 Å². The third kappa shape index (κ3) is 11.0. The van der Waals surface area contributed by atoms with E-state index in [9.17, 15) is 14.4 Å². The fraction of sp³-hybridized carbons (Fsp3) is 0.423. The Morgan fingerprint density at radius 3 is 2.29 bits per heavy atom. The van der Waals surface area contributed by atoms with Gasteiger partial charge in [-0.2, -0.15) is 0 Å². The second-order valence-electron chi connectivity index (χ2n) is 8.05. The largest absolute Gasteiger partial charge is 0.493 e. The molecule has 0 aliphatic heterocycles. The predicted octanol–water partition coefficient (Wildman–Crippen LogP) is 3.74. The van der Waals surface area contributed by atoms with Crippen molar-refractivity contribution >= 4 is 23.5 Å². The molecule has 1 atom stereocenters. The Kier molecular flexibility index (Phi) is 12.9. The van der Waals surface area contributed by atoms with Gasteiger partial charge < -0.3 is 20.1 Å². The SMILES string of the molecule is COC(=O)[C@@H](NCCCOc1cccc(NC(=O)CCCCCCC(=O)NO)c1)c1ccccc1. The molecule has 2 amide bonds. The topological polar surface area (TPSA) is 126 Å². The van der Waals surface area contributed by atoms with Gasteiger partial charge in [0.05, 0.1) is 13.7 Å². The molecule has 0 heterocycles. The summed E-state index contributed by atoms with van der Waals surface area (Å²) in [6, 6.07) is 16.1. The number of anilines is 1. The number of hydrogen-bond acceptors (Lipinski definition) is 7. The van der Waals surface area contributed by atoms with E-state index in [0.29, 0.717) is 43.9 Å². The lowest BCUT2D eigenvalue weighted by molar-refractivity contribution is -0.143. The quantitative estimate of drug-likeness (QED) is 0.123. The normalized spacial score (nSPS) is 11.4. The molecule has 0 aliphatic carbocycles. The van der Waals surface area contributed by atoms with Crippen molar-refractivity contribution in [1.82, 2.24) is 10.8 Å². The Morgan fingerprint density at radius 2 is 1.60 bits per heavy atom. The summed E-state index contributed by atoms with van der Waals surface area (Å²) in [5.74, 6) is -0.153. The maximum absolute atomic E-state index is 12.2. The van der Waals surface area contributed by atoms with Gasteiger partial charge in [0.1, 0.15) is 11.8 Å². The van der Waals surface area contributed by atoms with Crippen molar-refractivity contribution in [2.45, 2.75) is 51.0 Å². The lowest BCUT2D eigenvalue weighted by Crippen LogP contribution is -2.31. The second-order valence-corrected chi connectivity index (χ2v) is 8.05. The fourth-order valence-electron chi connectivity index (χ4n) is 3.48. The number of methoxy groups -OCH3 is 1. The number of rotatable bonds is 16. The number of carbonyl (C=O) groups is 3. The Bertz CT molecular complexity index is 922. The van der Waals surface area contributed by atoms with Crippen molar-refractivity contribution in [3.8, 4) is 5.75 Å². The van der Waals surface area contributed by atoms with Gasteiger partial charge in [-0.25, -0.2) is 10.3 Å². The molecule has 0 radical (unpaired) electrons. The van der Waals surface area contributed by atoms with E-state index in [1.807, 2.05) is 42.5 Å². The second kappa shape index (κ2) is 16.2. The number of unbranched alkanes of at least 4 members (excludes halogenated alkanes) is 3. The minimum absolute atomic E-state index is 0.0748. The molecule has 2 rings (SSSR count). The van der Waals surface area contributed by atoms with E-state index in [2.05, 4.69) is 10.6 Å². The first-order valence-electron chi connectivity index (χ1n) is 11.8. The molecule has 2 aromatic rings. The molecule has 0 aromatic heterocycles. The summed E-state index contributed by atoms with van der Waals surface area (Å²) in [4.78, 5) is 35.2. The van der Waals surface area contributed by atoms with Crippen molar-refractivity contribution in [2.75, 3.05) is 25.6 Å². The molecule has 4 N–H and O–H groups in total. The Balaban J connectivity index is 1.67. The van der Waals surface area contributed by atoms with Crippen LogP contribution in [0.2, 0.25) is 0 Å². The van der Waals surface area contributed by atoms with E-state index in [-0.39, 0.29) is 18.3 Å². The fourth-order valence-corrected chi connectivity index (χ4v) is 3.48. The zero-order valence-electron chi connectivity index (χ0n) is 20.1. The van der Waals surface area contributed by atoms with Crippen LogP contribution < -0.4 is 20.9 Å². The molecular formula is C26H35N3O6. The Labute approximate surface area is 206 Å². The van der Waals surface area contributed by atoms with Crippen molar-refractivity contribution in [2.24, 2.45) is 0 Å². The average molecular weight is 486 g/mol. The first kappa shape index (κ1) is 27.8. The molecule has 9 nitrogen and oxygen atoms in total. The van der Waals surface area contributed by atoms with Crippen LogP contribution in [0.3, 0.4) is 0 Å². The van der Waals surface area contributed by atoms with Gasteiger partial charge in [-0.3, -0.25) is 14.8 Å².